The summed E-state index contributed by atoms with van der Waals surface area (Å²) in [5.74, 6) is -0.869. The van der Waals surface area contributed by atoms with Crippen LogP contribution in [0.3, 0.4) is 0 Å². The van der Waals surface area contributed by atoms with Crippen molar-refractivity contribution in [3.63, 3.8) is 0 Å². The van der Waals surface area contributed by atoms with Gasteiger partial charge in [0.15, 0.2) is 9.84 Å². The first-order valence-corrected chi connectivity index (χ1v) is 10.1. The van der Waals surface area contributed by atoms with Crippen molar-refractivity contribution in [3.05, 3.63) is 65.5 Å². The van der Waals surface area contributed by atoms with Gasteiger partial charge in [0.2, 0.25) is 0 Å². The van der Waals surface area contributed by atoms with Gasteiger partial charge in [-0.05, 0) is 36.8 Å². The van der Waals surface area contributed by atoms with Gasteiger partial charge in [0.05, 0.1) is 27.2 Å². The van der Waals surface area contributed by atoms with Crippen molar-refractivity contribution in [1.82, 2.24) is 0 Å². The van der Waals surface area contributed by atoms with Gasteiger partial charge >= 0.3 is 0 Å². The molecule has 138 valence electrons. The molecule has 1 aliphatic carbocycles. The number of ether oxygens (including phenoxy) is 1. The second-order valence-electron chi connectivity index (χ2n) is 6.65. The van der Waals surface area contributed by atoms with Crippen molar-refractivity contribution in [1.29, 1.82) is 0 Å². The number of hydrogen-bond acceptors (Lipinski definition) is 4. The van der Waals surface area contributed by atoms with E-state index in [9.17, 15) is 12.8 Å². The Morgan fingerprint density at radius 3 is 2.27 bits per heavy atom. The minimum Gasteiger partial charge on any atom is -0.393 e. The molecule has 26 heavy (non-hydrogen) atoms. The van der Waals surface area contributed by atoms with Crippen LogP contribution in [0.2, 0.25) is 0 Å². The van der Waals surface area contributed by atoms with Gasteiger partial charge in [0, 0.05) is 13.0 Å². The van der Waals surface area contributed by atoms with E-state index in [2.05, 4.69) is 0 Å². The summed E-state index contributed by atoms with van der Waals surface area (Å²) < 4.78 is 45.2. The van der Waals surface area contributed by atoms with Crippen LogP contribution in [-0.2, 0) is 14.6 Å². The lowest BCUT2D eigenvalue weighted by Gasteiger charge is -2.16. The fourth-order valence-electron chi connectivity index (χ4n) is 3.65. The minimum atomic E-state index is -3.71. The van der Waals surface area contributed by atoms with Gasteiger partial charge in [-0.2, -0.15) is 0 Å². The smallest absolute Gasteiger partial charge is 0.182 e. The van der Waals surface area contributed by atoms with Crippen molar-refractivity contribution in [2.75, 3.05) is 13.7 Å². The Morgan fingerprint density at radius 2 is 1.77 bits per heavy atom. The fraction of sp³-hybridized carbons (Fsp3) is 0.316. The molecule has 2 N–H and O–H groups in total. The van der Waals surface area contributed by atoms with Gasteiger partial charge < -0.3 is 10.5 Å². The maximum absolute atomic E-state index is 13.3. The van der Waals surface area contributed by atoms with Gasteiger partial charge in [-0.3, -0.25) is 0 Å². The number of aryl methyl sites for hydroxylation is 1. The van der Waals surface area contributed by atoms with Crippen molar-refractivity contribution in [2.24, 2.45) is 11.1 Å². The highest BCUT2D eigenvalue weighted by atomic mass is 32.2. The summed E-state index contributed by atoms with van der Waals surface area (Å²) in [7, 11) is -2.22. The Bertz CT molecular complexity index is 926. The predicted octanol–water partition coefficient (Wildman–Crippen LogP) is 2.99. The van der Waals surface area contributed by atoms with Gasteiger partial charge in [-0.1, -0.05) is 42.0 Å². The lowest BCUT2D eigenvalue weighted by atomic mass is 10.00. The topological polar surface area (TPSA) is 69.4 Å². The Kier molecular flexibility index (Phi) is 4.90. The fourth-order valence-corrected chi connectivity index (χ4v) is 6.42. The Balaban J connectivity index is 2.11. The summed E-state index contributed by atoms with van der Waals surface area (Å²) in [4.78, 5) is 0.309. The van der Waals surface area contributed by atoms with Crippen LogP contribution in [-0.4, -0.2) is 32.4 Å². The molecule has 3 rings (SSSR count). The van der Waals surface area contributed by atoms with E-state index in [0.717, 1.165) is 5.56 Å². The van der Waals surface area contributed by atoms with E-state index in [4.69, 9.17) is 22.7 Å². The third-order valence-electron chi connectivity index (χ3n) is 5.01. The summed E-state index contributed by atoms with van der Waals surface area (Å²) in [6.45, 7) is 1.97. The van der Waals surface area contributed by atoms with Crippen LogP contribution in [0.5, 0.6) is 0 Å². The first kappa shape index (κ1) is 18.9. The van der Waals surface area contributed by atoms with Gasteiger partial charge in [0.1, 0.15) is 5.82 Å². The number of rotatable bonds is 6. The van der Waals surface area contributed by atoms with E-state index in [1.54, 1.807) is 36.4 Å². The number of sulfone groups is 1. The van der Waals surface area contributed by atoms with Crippen LogP contribution in [0.4, 0.5) is 4.39 Å². The Morgan fingerprint density at radius 1 is 1.19 bits per heavy atom. The van der Waals surface area contributed by atoms with Gasteiger partial charge in [0.25, 0.3) is 0 Å². The van der Waals surface area contributed by atoms with E-state index < -0.39 is 26.4 Å². The second-order valence-corrected chi connectivity index (χ2v) is 9.15. The summed E-state index contributed by atoms with van der Waals surface area (Å²) in [6.07, 6.45) is 0. The first-order valence-electron chi connectivity index (χ1n) is 8.10. The average Bonchev–Trinajstić information content (AvgIpc) is 3.27. The summed E-state index contributed by atoms with van der Waals surface area (Å²) in [6, 6.07) is 12.4. The Hall–Kier alpha value is -1.83. The minimum absolute atomic E-state index is 0.0835. The maximum atomic E-state index is 13.3. The summed E-state index contributed by atoms with van der Waals surface area (Å²) >= 11 is 5.24. The SMILES string of the molecule is COC[C@]1(C(N)=S)[C@H](c2ccc(F)cc2)[C@@H]1S(=O)(=O)c1ccc(C)cc1. The molecule has 1 saturated carbocycles. The zero-order chi connectivity index (χ0) is 19.1. The molecule has 2 aromatic carbocycles. The molecule has 0 aromatic heterocycles. The third kappa shape index (κ3) is 2.94. The highest BCUT2D eigenvalue weighted by Crippen LogP contribution is 2.64. The highest BCUT2D eigenvalue weighted by molar-refractivity contribution is 7.92. The standard InChI is InChI=1S/C19H20FNO3S2/c1-12-3-9-15(10-4-12)26(22,23)17-16(13-5-7-14(20)8-6-13)19(17,11-24-2)18(21)25/h3-10,16-17H,11H2,1-2H3,(H2,21,25)/t16-,17+,19+/m1/s1. The number of hydrogen-bond donors (Lipinski definition) is 1. The zero-order valence-corrected chi connectivity index (χ0v) is 16.1. The van der Waals surface area contributed by atoms with Crippen LogP contribution in [0.1, 0.15) is 17.0 Å². The molecule has 0 saturated heterocycles. The summed E-state index contributed by atoms with van der Waals surface area (Å²) in [5.41, 5.74) is 6.61. The number of benzene rings is 2. The lowest BCUT2D eigenvalue weighted by molar-refractivity contribution is 0.166. The zero-order valence-electron chi connectivity index (χ0n) is 14.5. The molecular weight excluding hydrogens is 373 g/mol. The van der Waals surface area contributed by atoms with Gasteiger partial charge in [-0.15, -0.1) is 0 Å². The van der Waals surface area contributed by atoms with Gasteiger partial charge in [-0.25, -0.2) is 12.8 Å². The molecule has 7 heteroatoms. The van der Waals surface area contributed by atoms with Crippen LogP contribution >= 0.6 is 12.2 Å². The third-order valence-corrected chi connectivity index (χ3v) is 7.68. The van der Waals surface area contributed by atoms with Crippen molar-refractivity contribution >= 4 is 27.0 Å². The molecule has 1 fully saturated rings. The quantitative estimate of drug-likeness (QED) is 0.764. The number of nitrogens with two attached hydrogens (primary N) is 1. The molecule has 0 bridgehead atoms. The molecular formula is C19H20FNO3S2. The van der Waals surface area contributed by atoms with Crippen LogP contribution in [0.15, 0.2) is 53.4 Å². The number of thiocarbonyl (C=S) groups is 1. The second kappa shape index (κ2) is 6.72. The lowest BCUT2D eigenvalue weighted by Crippen LogP contribution is -2.33. The molecule has 0 spiro atoms. The van der Waals surface area contributed by atoms with E-state index >= 15 is 0 Å². The molecule has 3 atom stereocenters. The average molecular weight is 394 g/mol. The van der Waals surface area contributed by atoms with Crippen molar-refractivity contribution < 1.29 is 17.5 Å². The molecule has 1 aliphatic rings. The van der Waals surface area contributed by atoms with Crippen LogP contribution < -0.4 is 5.73 Å². The molecule has 0 aliphatic heterocycles. The number of halogens is 1. The number of methoxy groups -OCH3 is 1. The van der Waals surface area contributed by atoms with E-state index in [-0.39, 0.29) is 22.3 Å². The molecule has 2 aromatic rings. The normalized spacial score (nSPS) is 25.0. The molecule has 4 nitrogen and oxygen atoms in total. The monoisotopic (exact) mass is 393 g/mol. The maximum Gasteiger partial charge on any atom is 0.182 e. The highest BCUT2D eigenvalue weighted by Gasteiger charge is 2.73. The van der Waals surface area contributed by atoms with Crippen molar-refractivity contribution in [3.8, 4) is 0 Å². The Labute approximate surface area is 158 Å². The predicted molar refractivity (Wildman–Crippen MR) is 102 cm³/mol. The molecule has 0 unspecified atom stereocenters. The van der Waals surface area contributed by atoms with Crippen LogP contribution in [0.25, 0.3) is 0 Å². The largest absolute Gasteiger partial charge is 0.393 e. The molecule has 0 heterocycles. The van der Waals surface area contributed by atoms with E-state index in [1.165, 1.54) is 19.2 Å². The summed E-state index contributed by atoms with van der Waals surface area (Å²) in [5, 5.41) is -0.847. The molecule has 0 amide bonds. The van der Waals surface area contributed by atoms with Crippen molar-refractivity contribution in [2.45, 2.75) is 23.0 Å². The van der Waals surface area contributed by atoms with Crippen LogP contribution in [0, 0.1) is 18.2 Å². The first-order chi connectivity index (χ1) is 12.2. The van der Waals surface area contributed by atoms with E-state index in [0.29, 0.717) is 5.56 Å². The van der Waals surface area contributed by atoms with E-state index in [1.807, 2.05) is 6.92 Å². The molecule has 0 radical (unpaired) electrons.